The minimum atomic E-state index is -0.373. The highest BCUT2D eigenvalue weighted by atomic mass is 16.5. The van der Waals surface area contributed by atoms with Crippen LogP contribution in [0.2, 0.25) is 0 Å². The molecule has 0 N–H and O–H groups in total. The maximum Gasteiger partial charge on any atom is 0.337 e. The van der Waals surface area contributed by atoms with Gasteiger partial charge in [0.1, 0.15) is 5.82 Å². The van der Waals surface area contributed by atoms with E-state index in [2.05, 4.69) is 46.2 Å². The van der Waals surface area contributed by atoms with E-state index in [4.69, 9.17) is 14.5 Å². The summed E-state index contributed by atoms with van der Waals surface area (Å²) in [5, 5.41) is 0. The molecule has 2 aromatic carbocycles. The first-order chi connectivity index (χ1) is 14.5. The molecule has 0 aliphatic heterocycles. The van der Waals surface area contributed by atoms with Gasteiger partial charge in [0.25, 0.3) is 0 Å². The fourth-order valence-corrected chi connectivity index (χ4v) is 3.75. The summed E-state index contributed by atoms with van der Waals surface area (Å²) in [5.41, 5.74) is 5.20. The number of benzene rings is 2. The number of rotatable bonds is 7. The highest BCUT2D eigenvalue weighted by Gasteiger charge is 2.16. The molecule has 2 heterocycles. The van der Waals surface area contributed by atoms with E-state index < -0.39 is 0 Å². The molecule has 0 aliphatic carbocycles. The molecule has 0 amide bonds. The molecule has 4 aromatic rings. The molecular formula is C23H26N4O3. The van der Waals surface area contributed by atoms with Crippen LogP contribution in [-0.2, 0) is 22.6 Å². The summed E-state index contributed by atoms with van der Waals surface area (Å²) in [5.74, 6) is 0.996. The Morgan fingerprint density at radius 3 is 2.60 bits per heavy atom. The van der Waals surface area contributed by atoms with Gasteiger partial charge < -0.3 is 18.6 Å². The van der Waals surface area contributed by atoms with Gasteiger partial charge in [-0.05, 0) is 42.3 Å². The van der Waals surface area contributed by atoms with Gasteiger partial charge in [0.05, 0.1) is 47.7 Å². The number of imidazole rings is 2. The molecule has 7 heteroatoms. The van der Waals surface area contributed by atoms with Gasteiger partial charge >= 0.3 is 5.97 Å². The molecule has 2 aromatic heterocycles. The second-order valence-corrected chi connectivity index (χ2v) is 7.77. The molecule has 156 valence electrons. The van der Waals surface area contributed by atoms with Gasteiger partial charge in [-0.1, -0.05) is 13.8 Å². The highest BCUT2D eigenvalue weighted by molar-refractivity contribution is 5.94. The Balaban J connectivity index is 1.82. The summed E-state index contributed by atoms with van der Waals surface area (Å²) in [6, 6.07) is 11.7. The van der Waals surface area contributed by atoms with Crippen LogP contribution in [-0.4, -0.2) is 45.9 Å². The molecule has 30 heavy (non-hydrogen) atoms. The number of esters is 1. The number of hydrogen-bond donors (Lipinski definition) is 0. The predicted octanol–water partition coefficient (Wildman–Crippen LogP) is 4.14. The Morgan fingerprint density at radius 2 is 1.87 bits per heavy atom. The van der Waals surface area contributed by atoms with Crippen LogP contribution in [0.4, 0.5) is 0 Å². The standard InChI is InChI=1S/C23H26N4O3/c1-15(2)13-26-14-24-18-11-16(5-7-20(18)26)22-25-19-12-17(23(28)30-4)6-8-21(19)27(22)9-10-29-3/h5-8,11-12,14-15H,9-10,13H2,1-4H3. The largest absolute Gasteiger partial charge is 0.465 e. The first-order valence-electron chi connectivity index (χ1n) is 10.0. The Labute approximate surface area is 175 Å². The van der Waals surface area contributed by atoms with Crippen molar-refractivity contribution >= 4 is 28.0 Å². The molecule has 7 nitrogen and oxygen atoms in total. The van der Waals surface area contributed by atoms with Crippen LogP contribution in [0.25, 0.3) is 33.5 Å². The third kappa shape index (κ3) is 3.68. The Bertz CT molecular complexity index is 1210. The minimum Gasteiger partial charge on any atom is -0.465 e. The van der Waals surface area contributed by atoms with Crippen LogP contribution in [0.5, 0.6) is 0 Å². The average Bonchev–Trinajstić information content (AvgIpc) is 3.31. The van der Waals surface area contributed by atoms with Crippen LogP contribution < -0.4 is 0 Å². The zero-order valence-corrected chi connectivity index (χ0v) is 17.8. The van der Waals surface area contributed by atoms with Crippen LogP contribution in [0, 0.1) is 5.92 Å². The van der Waals surface area contributed by atoms with Gasteiger partial charge in [-0.3, -0.25) is 0 Å². The molecule has 0 saturated heterocycles. The van der Waals surface area contributed by atoms with E-state index in [9.17, 15) is 4.79 Å². The third-order valence-corrected chi connectivity index (χ3v) is 5.13. The molecule has 0 atom stereocenters. The molecule has 0 bridgehead atoms. The number of carbonyl (C=O) groups is 1. The summed E-state index contributed by atoms with van der Waals surface area (Å²) < 4.78 is 14.5. The molecule has 0 fully saturated rings. The number of methoxy groups -OCH3 is 2. The van der Waals surface area contributed by atoms with Crippen molar-refractivity contribution in [3.63, 3.8) is 0 Å². The monoisotopic (exact) mass is 406 g/mol. The molecule has 0 saturated carbocycles. The third-order valence-electron chi connectivity index (χ3n) is 5.13. The van der Waals surface area contributed by atoms with Crippen LogP contribution in [0.3, 0.4) is 0 Å². The van der Waals surface area contributed by atoms with Gasteiger partial charge in [-0.15, -0.1) is 0 Å². The first kappa shape index (κ1) is 20.1. The lowest BCUT2D eigenvalue weighted by Gasteiger charge is -2.10. The van der Waals surface area contributed by atoms with Gasteiger partial charge in [-0.25, -0.2) is 14.8 Å². The van der Waals surface area contributed by atoms with Gasteiger partial charge in [0.15, 0.2) is 0 Å². The number of carbonyl (C=O) groups excluding carboxylic acids is 1. The summed E-state index contributed by atoms with van der Waals surface area (Å²) in [6.45, 7) is 6.53. The molecule has 0 aliphatic rings. The Morgan fingerprint density at radius 1 is 1.07 bits per heavy atom. The van der Waals surface area contributed by atoms with Gasteiger partial charge in [0, 0.05) is 25.8 Å². The number of hydrogen-bond acceptors (Lipinski definition) is 5. The summed E-state index contributed by atoms with van der Waals surface area (Å²) in [6.07, 6.45) is 1.89. The van der Waals surface area contributed by atoms with E-state index in [0.29, 0.717) is 24.6 Å². The predicted molar refractivity (Wildman–Crippen MR) is 117 cm³/mol. The molecule has 0 spiro atoms. The quantitative estimate of drug-likeness (QED) is 0.431. The van der Waals surface area contributed by atoms with E-state index in [-0.39, 0.29) is 5.97 Å². The first-order valence-corrected chi connectivity index (χ1v) is 10.0. The molecular weight excluding hydrogens is 380 g/mol. The average molecular weight is 406 g/mol. The van der Waals surface area contributed by atoms with Crippen molar-refractivity contribution in [1.29, 1.82) is 0 Å². The number of ether oxygens (including phenoxy) is 2. The minimum absolute atomic E-state index is 0.373. The number of aromatic nitrogens is 4. The fourth-order valence-electron chi connectivity index (χ4n) is 3.75. The maximum atomic E-state index is 11.9. The topological polar surface area (TPSA) is 71.2 Å². The summed E-state index contributed by atoms with van der Waals surface area (Å²) >= 11 is 0. The highest BCUT2D eigenvalue weighted by Crippen LogP contribution is 2.28. The van der Waals surface area contributed by atoms with E-state index in [1.54, 1.807) is 19.2 Å². The van der Waals surface area contributed by atoms with Gasteiger partial charge in [0.2, 0.25) is 0 Å². The lowest BCUT2D eigenvalue weighted by atomic mass is 10.1. The van der Waals surface area contributed by atoms with Crippen LogP contribution >= 0.6 is 0 Å². The zero-order chi connectivity index (χ0) is 21.3. The Kier molecular flexibility index (Phi) is 5.55. The zero-order valence-electron chi connectivity index (χ0n) is 17.8. The van der Waals surface area contributed by atoms with Crippen molar-refractivity contribution in [1.82, 2.24) is 19.1 Å². The van der Waals surface area contributed by atoms with Crippen LogP contribution in [0.1, 0.15) is 24.2 Å². The van der Waals surface area contributed by atoms with Crippen molar-refractivity contribution in [2.45, 2.75) is 26.9 Å². The second-order valence-electron chi connectivity index (χ2n) is 7.77. The number of nitrogens with zero attached hydrogens (tertiary/aromatic N) is 4. The smallest absolute Gasteiger partial charge is 0.337 e. The van der Waals surface area contributed by atoms with Crippen molar-refractivity contribution in [2.75, 3.05) is 20.8 Å². The summed E-state index contributed by atoms with van der Waals surface area (Å²) in [4.78, 5) is 21.4. The van der Waals surface area contributed by atoms with Crippen molar-refractivity contribution in [2.24, 2.45) is 5.92 Å². The van der Waals surface area contributed by atoms with Gasteiger partial charge in [-0.2, -0.15) is 0 Å². The number of fused-ring (bicyclic) bond motifs is 2. The molecule has 4 rings (SSSR count). The lowest BCUT2D eigenvalue weighted by Crippen LogP contribution is -2.06. The Hall–Kier alpha value is -3.19. The summed E-state index contributed by atoms with van der Waals surface area (Å²) in [7, 11) is 3.06. The van der Waals surface area contributed by atoms with E-state index in [1.165, 1.54) is 7.11 Å². The van der Waals surface area contributed by atoms with E-state index in [0.717, 1.165) is 40.0 Å². The lowest BCUT2D eigenvalue weighted by molar-refractivity contribution is 0.0601. The van der Waals surface area contributed by atoms with Crippen molar-refractivity contribution in [3.05, 3.63) is 48.3 Å². The van der Waals surface area contributed by atoms with E-state index in [1.807, 2.05) is 12.4 Å². The fraction of sp³-hybridized carbons (Fsp3) is 0.348. The molecule has 0 unspecified atom stereocenters. The van der Waals surface area contributed by atoms with Crippen molar-refractivity contribution in [3.8, 4) is 11.4 Å². The SMILES string of the molecule is COCCn1c(-c2ccc3c(c2)ncn3CC(C)C)nc2cc(C(=O)OC)ccc21. The van der Waals surface area contributed by atoms with Crippen molar-refractivity contribution < 1.29 is 14.3 Å². The van der Waals surface area contributed by atoms with Crippen LogP contribution in [0.15, 0.2) is 42.7 Å². The maximum absolute atomic E-state index is 11.9. The normalized spacial score (nSPS) is 11.6. The second kappa shape index (κ2) is 8.28. The molecule has 0 radical (unpaired) electrons. The van der Waals surface area contributed by atoms with E-state index >= 15 is 0 Å².